The fourth-order valence-corrected chi connectivity index (χ4v) is 4.69. The quantitative estimate of drug-likeness (QED) is 0.406. The summed E-state index contributed by atoms with van der Waals surface area (Å²) in [6.07, 6.45) is -0.973. The Labute approximate surface area is 224 Å². The van der Waals surface area contributed by atoms with Crippen molar-refractivity contribution in [2.75, 3.05) is 23.3 Å². The molecular weight excluding hydrogens is 515 g/mol. The van der Waals surface area contributed by atoms with Gasteiger partial charge in [-0.25, -0.2) is 0 Å². The number of benzene rings is 3. The van der Waals surface area contributed by atoms with Gasteiger partial charge in [-0.15, -0.1) is 0 Å². The molecule has 1 heterocycles. The molecule has 2 unspecified atom stereocenters. The summed E-state index contributed by atoms with van der Waals surface area (Å²) in [7, 11) is 0. The van der Waals surface area contributed by atoms with Crippen LogP contribution >= 0.6 is 23.2 Å². The van der Waals surface area contributed by atoms with E-state index in [0.717, 1.165) is 0 Å². The Kier molecular flexibility index (Phi) is 8.33. The monoisotopic (exact) mass is 540 g/mol. The first kappa shape index (κ1) is 26.5. The molecule has 0 aliphatic carbocycles. The summed E-state index contributed by atoms with van der Waals surface area (Å²) in [5, 5.41) is 6.28. The highest BCUT2D eigenvalue weighted by Gasteiger charge is 2.37. The third-order valence-corrected chi connectivity index (χ3v) is 6.44. The van der Waals surface area contributed by atoms with Crippen molar-refractivity contribution >= 4 is 52.3 Å². The molecular formula is C27H26Cl2N4O4. The summed E-state index contributed by atoms with van der Waals surface area (Å²) in [6.45, 7) is 2.24. The average Bonchev–Trinajstić information content (AvgIpc) is 3.02. The summed E-state index contributed by atoms with van der Waals surface area (Å²) in [5.41, 5.74) is 7.08. The van der Waals surface area contributed by atoms with Gasteiger partial charge in [-0.1, -0.05) is 47.5 Å². The maximum atomic E-state index is 13.9. The Morgan fingerprint density at radius 1 is 1.14 bits per heavy atom. The lowest BCUT2D eigenvalue weighted by atomic mass is 10.00. The minimum absolute atomic E-state index is 0.0749. The fraction of sp³-hybridized carbons (Fsp3) is 0.222. The molecule has 0 fully saturated rings. The summed E-state index contributed by atoms with van der Waals surface area (Å²) < 4.78 is 5.93. The number of fused-ring (bicyclic) bond motifs is 1. The first-order valence-electron chi connectivity index (χ1n) is 11.7. The molecule has 3 amide bonds. The van der Waals surface area contributed by atoms with Gasteiger partial charge in [0.05, 0.1) is 23.8 Å². The molecule has 0 saturated heterocycles. The predicted octanol–water partition coefficient (Wildman–Crippen LogP) is 4.57. The number of nitrogens with one attached hydrogen (secondary N) is 2. The number of carbonyl (C=O) groups excluding carboxylic acids is 3. The predicted molar refractivity (Wildman–Crippen MR) is 144 cm³/mol. The molecule has 10 heteroatoms. The Balaban J connectivity index is 1.79. The molecule has 4 rings (SSSR count). The second-order valence-corrected chi connectivity index (χ2v) is 9.34. The van der Waals surface area contributed by atoms with Crippen LogP contribution in [-0.2, 0) is 9.59 Å². The zero-order chi connectivity index (χ0) is 26.5. The summed E-state index contributed by atoms with van der Waals surface area (Å²) in [5.74, 6) is -0.551. The van der Waals surface area contributed by atoms with Crippen molar-refractivity contribution in [3.63, 3.8) is 0 Å². The van der Waals surface area contributed by atoms with E-state index in [1.807, 2.05) is 18.2 Å². The van der Waals surface area contributed by atoms with E-state index in [0.29, 0.717) is 51.4 Å². The van der Waals surface area contributed by atoms with Crippen molar-refractivity contribution < 1.29 is 19.1 Å². The molecule has 1 aliphatic heterocycles. The van der Waals surface area contributed by atoms with E-state index in [1.54, 1.807) is 49.4 Å². The largest absolute Gasteiger partial charge is 0.481 e. The van der Waals surface area contributed by atoms with Crippen molar-refractivity contribution in [1.29, 1.82) is 0 Å². The van der Waals surface area contributed by atoms with E-state index in [-0.39, 0.29) is 18.2 Å². The van der Waals surface area contributed by atoms with Crippen LogP contribution in [0.2, 0.25) is 10.0 Å². The number of carbonyl (C=O) groups is 3. The number of halogens is 2. The van der Waals surface area contributed by atoms with Gasteiger partial charge < -0.3 is 21.1 Å². The highest BCUT2D eigenvalue weighted by atomic mass is 35.5. The number of hydrogen-bond acceptors (Lipinski definition) is 5. The van der Waals surface area contributed by atoms with Crippen molar-refractivity contribution in [2.24, 2.45) is 5.73 Å². The van der Waals surface area contributed by atoms with Crippen LogP contribution in [-0.4, -0.2) is 36.9 Å². The zero-order valence-corrected chi connectivity index (χ0v) is 21.6. The molecule has 192 valence electrons. The minimum atomic E-state index is -0.899. The van der Waals surface area contributed by atoms with Gasteiger partial charge in [-0.2, -0.15) is 0 Å². The summed E-state index contributed by atoms with van der Waals surface area (Å²) in [4.78, 5) is 41.0. The highest BCUT2D eigenvalue weighted by Crippen LogP contribution is 2.41. The number of rotatable bonds is 7. The first-order valence-corrected chi connectivity index (χ1v) is 12.5. The second-order valence-electron chi connectivity index (χ2n) is 8.49. The van der Waals surface area contributed by atoms with Gasteiger partial charge in [-0.3, -0.25) is 19.3 Å². The summed E-state index contributed by atoms with van der Waals surface area (Å²) >= 11 is 12.6. The van der Waals surface area contributed by atoms with Gasteiger partial charge >= 0.3 is 0 Å². The topological polar surface area (TPSA) is 114 Å². The van der Waals surface area contributed by atoms with Gasteiger partial charge in [-0.05, 0) is 55.0 Å². The molecule has 3 aromatic carbocycles. The van der Waals surface area contributed by atoms with Gasteiger partial charge in [0.25, 0.3) is 11.8 Å². The molecule has 0 aromatic heterocycles. The average molecular weight is 541 g/mol. The molecule has 1 aliphatic rings. The van der Waals surface area contributed by atoms with Crippen LogP contribution in [0, 0.1) is 0 Å². The lowest BCUT2D eigenvalue weighted by Gasteiger charge is -2.33. The fourth-order valence-electron chi connectivity index (χ4n) is 4.15. The molecule has 8 nitrogen and oxygen atoms in total. The van der Waals surface area contributed by atoms with E-state index in [1.165, 1.54) is 11.0 Å². The van der Waals surface area contributed by atoms with Crippen LogP contribution in [0.4, 0.5) is 11.4 Å². The normalized spacial score (nSPS) is 15.7. The standard InChI is InChI=1S/C27H26Cl2N4O4/c1-16(37-19-5-3-2-4-6-19)27(36)33-23-10-7-17(26(35)31-12-11-30)13-22(23)32-25(34)15-24(33)20-9-8-18(28)14-21(20)29/h2-10,13-14,16,24H,11-12,15,30H2,1H3,(H,31,35)(H,32,34). The van der Waals surface area contributed by atoms with Gasteiger partial charge in [0, 0.05) is 28.7 Å². The van der Waals surface area contributed by atoms with Crippen molar-refractivity contribution in [3.8, 4) is 5.75 Å². The Morgan fingerprint density at radius 2 is 1.89 bits per heavy atom. The Bertz CT molecular complexity index is 1320. The molecule has 0 radical (unpaired) electrons. The third kappa shape index (κ3) is 6.05. The van der Waals surface area contributed by atoms with Crippen LogP contribution in [0.1, 0.15) is 35.3 Å². The van der Waals surface area contributed by atoms with Crippen LogP contribution in [0.3, 0.4) is 0 Å². The Hall–Kier alpha value is -3.59. The van der Waals surface area contributed by atoms with E-state index in [4.69, 9.17) is 33.7 Å². The first-order chi connectivity index (χ1) is 17.8. The van der Waals surface area contributed by atoms with Crippen LogP contribution in [0.15, 0.2) is 66.7 Å². The number of ether oxygens (including phenoxy) is 1. The SMILES string of the molecule is CC(Oc1ccccc1)C(=O)N1c2ccc(C(=O)NCCN)cc2NC(=O)CC1c1ccc(Cl)cc1Cl. The number of nitrogens with zero attached hydrogens (tertiary/aromatic N) is 1. The van der Waals surface area contributed by atoms with Crippen LogP contribution in [0.5, 0.6) is 5.75 Å². The number of hydrogen-bond donors (Lipinski definition) is 3. The minimum Gasteiger partial charge on any atom is -0.481 e. The van der Waals surface area contributed by atoms with Crippen molar-refractivity contribution in [3.05, 3.63) is 87.9 Å². The Morgan fingerprint density at radius 3 is 2.59 bits per heavy atom. The number of para-hydroxylation sites is 1. The maximum absolute atomic E-state index is 13.9. The van der Waals surface area contributed by atoms with Gasteiger partial charge in [0.2, 0.25) is 5.91 Å². The number of anilines is 2. The van der Waals surface area contributed by atoms with E-state index >= 15 is 0 Å². The molecule has 0 spiro atoms. The van der Waals surface area contributed by atoms with E-state index in [2.05, 4.69) is 10.6 Å². The zero-order valence-electron chi connectivity index (χ0n) is 20.0. The lowest BCUT2D eigenvalue weighted by Crippen LogP contribution is -2.43. The molecule has 0 saturated carbocycles. The third-order valence-electron chi connectivity index (χ3n) is 5.88. The maximum Gasteiger partial charge on any atom is 0.268 e. The van der Waals surface area contributed by atoms with Crippen LogP contribution in [0.25, 0.3) is 0 Å². The van der Waals surface area contributed by atoms with Crippen LogP contribution < -0.4 is 26.0 Å². The highest BCUT2D eigenvalue weighted by molar-refractivity contribution is 6.35. The molecule has 2 atom stereocenters. The van der Waals surface area contributed by atoms with Gasteiger partial charge in [0.1, 0.15) is 5.75 Å². The lowest BCUT2D eigenvalue weighted by molar-refractivity contribution is -0.125. The smallest absolute Gasteiger partial charge is 0.268 e. The molecule has 0 bridgehead atoms. The van der Waals surface area contributed by atoms with Crippen molar-refractivity contribution in [1.82, 2.24) is 5.32 Å². The number of amides is 3. The molecule has 4 N–H and O–H groups in total. The van der Waals surface area contributed by atoms with Crippen molar-refractivity contribution in [2.45, 2.75) is 25.5 Å². The molecule has 37 heavy (non-hydrogen) atoms. The van der Waals surface area contributed by atoms with E-state index in [9.17, 15) is 14.4 Å². The van der Waals surface area contributed by atoms with E-state index < -0.39 is 18.1 Å². The molecule has 3 aromatic rings. The van der Waals surface area contributed by atoms with Gasteiger partial charge in [0.15, 0.2) is 6.10 Å². The summed E-state index contributed by atoms with van der Waals surface area (Å²) in [6, 6.07) is 17.9. The second kappa shape index (κ2) is 11.6. The number of nitrogens with two attached hydrogens (primary N) is 1.